The summed E-state index contributed by atoms with van der Waals surface area (Å²) in [4.78, 5) is 0. The van der Waals surface area contributed by atoms with Gasteiger partial charge in [-0.1, -0.05) is 15.9 Å². The first-order valence-corrected chi connectivity index (χ1v) is 6.81. The third kappa shape index (κ3) is 4.05. The molecule has 2 nitrogen and oxygen atoms in total. The van der Waals surface area contributed by atoms with Crippen LogP contribution >= 0.6 is 15.9 Å². The van der Waals surface area contributed by atoms with E-state index in [0.29, 0.717) is 18.2 Å². The van der Waals surface area contributed by atoms with Crippen LogP contribution in [0.2, 0.25) is 0 Å². The van der Waals surface area contributed by atoms with Crippen LogP contribution < -0.4 is 5.32 Å². The van der Waals surface area contributed by atoms with Crippen LogP contribution in [0, 0.1) is 5.82 Å². The van der Waals surface area contributed by atoms with Gasteiger partial charge in [0.2, 0.25) is 0 Å². The summed E-state index contributed by atoms with van der Waals surface area (Å²) < 4.78 is 20.0. The highest BCUT2D eigenvalue weighted by atomic mass is 79.9. The second-order valence-electron chi connectivity index (χ2n) is 4.36. The Balaban J connectivity index is 1.79. The van der Waals surface area contributed by atoms with E-state index in [2.05, 4.69) is 21.2 Å². The predicted molar refractivity (Wildman–Crippen MR) is 69.4 cm³/mol. The highest BCUT2D eigenvalue weighted by Gasteiger charge is 2.13. The molecule has 4 heteroatoms. The first-order valence-electron chi connectivity index (χ1n) is 6.02. The van der Waals surface area contributed by atoms with Gasteiger partial charge < -0.3 is 10.1 Å². The summed E-state index contributed by atoms with van der Waals surface area (Å²) in [5.41, 5.74) is 0.690. The lowest BCUT2D eigenvalue weighted by atomic mass is 10.1. The van der Waals surface area contributed by atoms with Crippen molar-refractivity contribution in [1.82, 2.24) is 5.32 Å². The van der Waals surface area contributed by atoms with Crippen molar-refractivity contribution in [3.05, 3.63) is 34.1 Å². The molecular weight excluding hydrogens is 285 g/mol. The van der Waals surface area contributed by atoms with Gasteiger partial charge in [-0.05, 0) is 37.5 Å². The number of benzene rings is 1. The van der Waals surface area contributed by atoms with Crippen molar-refractivity contribution in [2.45, 2.75) is 31.9 Å². The predicted octanol–water partition coefficient (Wildman–Crippen LogP) is 3.25. The zero-order valence-corrected chi connectivity index (χ0v) is 11.3. The topological polar surface area (TPSA) is 21.3 Å². The van der Waals surface area contributed by atoms with Crippen molar-refractivity contribution < 1.29 is 9.13 Å². The molecule has 0 spiro atoms. The summed E-state index contributed by atoms with van der Waals surface area (Å²) in [5, 5.41) is 3.25. The monoisotopic (exact) mass is 301 g/mol. The van der Waals surface area contributed by atoms with Crippen LogP contribution in [0.4, 0.5) is 4.39 Å². The molecule has 1 saturated heterocycles. The van der Waals surface area contributed by atoms with Crippen LogP contribution in [0.1, 0.15) is 24.8 Å². The maximum atomic E-state index is 13.4. The lowest BCUT2D eigenvalue weighted by Gasteiger charge is -2.22. The third-order valence-electron chi connectivity index (χ3n) is 2.97. The van der Waals surface area contributed by atoms with Crippen molar-refractivity contribution in [3.8, 4) is 0 Å². The molecule has 0 amide bonds. The lowest BCUT2D eigenvalue weighted by molar-refractivity contribution is 0.0167. The van der Waals surface area contributed by atoms with E-state index < -0.39 is 0 Å². The molecule has 0 bridgehead atoms. The van der Waals surface area contributed by atoms with Gasteiger partial charge in [-0.3, -0.25) is 0 Å². The SMILES string of the molecule is Fc1ccc(Br)cc1CNCC1CCCCO1. The highest BCUT2D eigenvalue weighted by Crippen LogP contribution is 2.16. The van der Waals surface area contributed by atoms with Crippen molar-refractivity contribution in [2.24, 2.45) is 0 Å². The average Bonchev–Trinajstić information content (AvgIpc) is 2.35. The minimum atomic E-state index is -0.162. The molecule has 0 saturated carbocycles. The summed E-state index contributed by atoms with van der Waals surface area (Å²) in [6.45, 7) is 2.20. The summed E-state index contributed by atoms with van der Waals surface area (Å²) in [7, 11) is 0. The molecule has 0 radical (unpaired) electrons. The van der Waals surface area contributed by atoms with Gasteiger partial charge >= 0.3 is 0 Å². The van der Waals surface area contributed by atoms with E-state index in [-0.39, 0.29) is 5.82 Å². The zero-order valence-electron chi connectivity index (χ0n) is 9.72. The van der Waals surface area contributed by atoms with Gasteiger partial charge in [-0.25, -0.2) is 4.39 Å². The molecule has 1 aliphatic rings. The van der Waals surface area contributed by atoms with Crippen molar-refractivity contribution >= 4 is 15.9 Å². The number of ether oxygens (including phenoxy) is 1. The Morgan fingerprint density at radius 1 is 1.41 bits per heavy atom. The Bertz CT molecular complexity index is 366. The minimum Gasteiger partial charge on any atom is -0.377 e. The normalized spacial score (nSPS) is 20.5. The molecule has 1 N–H and O–H groups in total. The maximum absolute atomic E-state index is 13.4. The van der Waals surface area contributed by atoms with Gasteiger partial charge in [-0.15, -0.1) is 0 Å². The number of hydrogen-bond acceptors (Lipinski definition) is 2. The second kappa shape index (κ2) is 6.47. The molecule has 1 atom stereocenters. The lowest BCUT2D eigenvalue weighted by Crippen LogP contribution is -2.31. The molecule has 1 aromatic rings. The van der Waals surface area contributed by atoms with E-state index in [4.69, 9.17) is 4.74 Å². The van der Waals surface area contributed by atoms with E-state index in [9.17, 15) is 4.39 Å². The Morgan fingerprint density at radius 3 is 3.06 bits per heavy atom. The first-order chi connectivity index (χ1) is 8.25. The standard InChI is InChI=1S/C13H17BrFNO/c14-11-4-5-13(15)10(7-11)8-16-9-12-3-1-2-6-17-12/h4-5,7,12,16H,1-3,6,8-9H2. The highest BCUT2D eigenvalue weighted by molar-refractivity contribution is 9.10. The Labute approximate surface area is 110 Å². The van der Waals surface area contributed by atoms with E-state index in [0.717, 1.165) is 30.5 Å². The third-order valence-corrected chi connectivity index (χ3v) is 3.46. The fourth-order valence-electron chi connectivity index (χ4n) is 2.01. The van der Waals surface area contributed by atoms with Gasteiger partial charge in [0.05, 0.1) is 6.10 Å². The average molecular weight is 302 g/mol. The maximum Gasteiger partial charge on any atom is 0.127 e. The van der Waals surface area contributed by atoms with Crippen molar-refractivity contribution in [2.75, 3.05) is 13.2 Å². The summed E-state index contributed by atoms with van der Waals surface area (Å²) >= 11 is 3.35. The van der Waals surface area contributed by atoms with Crippen LogP contribution in [0.5, 0.6) is 0 Å². The van der Waals surface area contributed by atoms with Gasteiger partial charge in [0, 0.05) is 29.7 Å². The fraction of sp³-hybridized carbons (Fsp3) is 0.538. The van der Waals surface area contributed by atoms with Crippen LogP contribution in [0.15, 0.2) is 22.7 Å². The van der Waals surface area contributed by atoms with E-state index in [1.807, 2.05) is 6.07 Å². The molecule has 0 aliphatic carbocycles. The molecule has 2 rings (SSSR count). The van der Waals surface area contributed by atoms with Gasteiger partial charge in [-0.2, -0.15) is 0 Å². The molecule has 1 aliphatic heterocycles. The van der Waals surface area contributed by atoms with Crippen molar-refractivity contribution in [3.63, 3.8) is 0 Å². The van der Waals surface area contributed by atoms with Crippen LogP contribution in [0.3, 0.4) is 0 Å². The molecule has 17 heavy (non-hydrogen) atoms. The van der Waals surface area contributed by atoms with E-state index >= 15 is 0 Å². The van der Waals surface area contributed by atoms with Gasteiger partial charge in [0.15, 0.2) is 0 Å². The Morgan fingerprint density at radius 2 is 2.29 bits per heavy atom. The van der Waals surface area contributed by atoms with Crippen molar-refractivity contribution in [1.29, 1.82) is 0 Å². The number of hydrogen-bond donors (Lipinski definition) is 1. The Hall–Kier alpha value is -0.450. The van der Waals surface area contributed by atoms with Gasteiger partial charge in [0.1, 0.15) is 5.82 Å². The number of halogens is 2. The summed E-state index contributed by atoms with van der Waals surface area (Å²) in [6, 6.07) is 5.01. The quantitative estimate of drug-likeness (QED) is 0.922. The molecule has 1 unspecified atom stereocenters. The van der Waals surface area contributed by atoms with E-state index in [1.165, 1.54) is 12.5 Å². The van der Waals surface area contributed by atoms with E-state index in [1.54, 1.807) is 6.07 Å². The molecule has 1 aromatic carbocycles. The van der Waals surface area contributed by atoms with Gasteiger partial charge in [0.25, 0.3) is 0 Å². The molecule has 94 valence electrons. The summed E-state index contributed by atoms with van der Waals surface area (Å²) in [6.07, 6.45) is 3.79. The largest absolute Gasteiger partial charge is 0.377 e. The summed E-state index contributed by atoms with van der Waals surface area (Å²) in [5.74, 6) is -0.162. The fourth-order valence-corrected chi connectivity index (χ4v) is 2.42. The molecule has 1 fully saturated rings. The number of nitrogens with one attached hydrogen (secondary N) is 1. The van der Waals surface area contributed by atoms with Crippen LogP contribution in [0.25, 0.3) is 0 Å². The van der Waals surface area contributed by atoms with Crippen LogP contribution in [-0.2, 0) is 11.3 Å². The minimum absolute atomic E-state index is 0.162. The zero-order chi connectivity index (χ0) is 12.1. The Kier molecular flexibility index (Phi) is 4.95. The second-order valence-corrected chi connectivity index (χ2v) is 5.27. The first kappa shape index (κ1) is 13.0. The molecular formula is C13H17BrFNO. The molecule has 0 aromatic heterocycles. The molecule has 1 heterocycles. The smallest absolute Gasteiger partial charge is 0.127 e. The van der Waals surface area contributed by atoms with Crippen LogP contribution in [-0.4, -0.2) is 19.3 Å². The number of rotatable bonds is 4.